The van der Waals surface area contributed by atoms with Crippen LogP contribution in [0.5, 0.6) is 0 Å². The predicted molar refractivity (Wildman–Crippen MR) is 111 cm³/mol. The highest BCUT2D eigenvalue weighted by Crippen LogP contribution is 2.22. The van der Waals surface area contributed by atoms with E-state index in [1.165, 1.54) is 36.4 Å². The van der Waals surface area contributed by atoms with E-state index in [-0.39, 0.29) is 11.9 Å². The van der Waals surface area contributed by atoms with Crippen molar-refractivity contribution in [1.29, 1.82) is 0 Å². The van der Waals surface area contributed by atoms with Gasteiger partial charge in [0.2, 0.25) is 10.0 Å². The van der Waals surface area contributed by atoms with Crippen molar-refractivity contribution in [2.24, 2.45) is 5.92 Å². The molecule has 0 saturated heterocycles. The number of amides is 1. The lowest BCUT2D eigenvalue weighted by atomic mass is 9.89. The number of carbonyl (C=O) groups is 1. The molecule has 2 rings (SSSR count). The lowest BCUT2D eigenvalue weighted by Gasteiger charge is -2.21. The molecule has 0 spiro atoms. The fourth-order valence-corrected chi connectivity index (χ4v) is 5.26. The fraction of sp³-hybridized carbons (Fsp3) is 0.667. The summed E-state index contributed by atoms with van der Waals surface area (Å²) >= 11 is 0. The number of benzene rings is 1. The van der Waals surface area contributed by atoms with Gasteiger partial charge in [-0.2, -0.15) is 4.31 Å². The van der Waals surface area contributed by atoms with Crippen molar-refractivity contribution >= 4 is 15.9 Å². The zero-order chi connectivity index (χ0) is 20.6. The zero-order valence-electron chi connectivity index (χ0n) is 17.5. The Kier molecular flexibility index (Phi) is 8.92. The van der Waals surface area contributed by atoms with Crippen molar-refractivity contribution in [3.05, 3.63) is 29.8 Å². The zero-order valence-corrected chi connectivity index (χ0v) is 18.3. The molecular formula is C21H36N3O3S+. The third-order valence-electron chi connectivity index (χ3n) is 5.72. The fourth-order valence-electron chi connectivity index (χ4n) is 3.80. The second-order valence-electron chi connectivity index (χ2n) is 7.69. The summed E-state index contributed by atoms with van der Waals surface area (Å²) in [5, 5.41) is 5.05. The quantitative estimate of drug-likeness (QED) is 0.619. The monoisotopic (exact) mass is 410 g/mol. The molecule has 0 unspecified atom stereocenters. The average Bonchev–Trinajstić information content (AvgIpc) is 2.72. The average molecular weight is 411 g/mol. The first-order valence-electron chi connectivity index (χ1n) is 10.6. The third kappa shape index (κ3) is 6.29. The standard InChI is InChI=1S/C21H35N3O3S/c1-4-24(5-2)28(26,27)20-13-11-19(12-14-20)17(3)22-16-21(25)23-15-18-9-7-6-8-10-18/h11-14,17-18,22H,4-10,15-16H2,1-3H3,(H,23,25)/p+1/t17-/m1/s1. The minimum atomic E-state index is -3.43. The number of nitrogens with zero attached hydrogens (tertiary/aromatic N) is 1. The highest BCUT2D eigenvalue weighted by molar-refractivity contribution is 7.89. The SMILES string of the molecule is CCN(CC)S(=O)(=O)c1ccc([C@@H](C)[NH2+]CC(=O)NCC2CCCCC2)cc1. The van der Waals surface area contributed by atoms with Gasteiger partial charge in [0.05, 0.1) is 4.90 Å². The molecule has 1 atom stereocenters. The summed E-state index contributed by atoms with van der Waals surface area (Å²) < 4.78 is 26.6. The van der Waals surface area contributed by atoms with Crippen LogP contribution >= 0.6 is 0 Å². The van der Waals surface area contributed by atoms with Crippen LogP contribution in [0.1, 0.15) is 64.5 Å². The maximum Gasteiger partial charge on any atom is 0.275 e. The molecule has 1 aromatic rings. The van der Waals surface area contributed by atoms with Gasteiger partial charge in [-0.05, 0) is 37.8 Å². The second-order valence-corrected chi connectivity index (χ2v) is 9.63. The summed E-state index contributed by atoms with van der Waals surface area (Å²) in [7, 11) is -3.43. The summed E-state index contributed by atoms with van der Waals surface area (Å²) in [5.74, 6) is 0.702. The van der Waals surface area contributed by atoms with E-state index in [9.17, 15) is 13.2 Å². The highest BCUT2D eigenvalue weighted by Gasteiger charge is 2.22. The van der Waals surface area contributed by atoms with Crippen molar-refractivity contribution in [3.8, 4) is 0 Å². The lowest BCUT2D eigenvalue weighted by molar-refractivity contribution is -0.682. The molecule has 3 N–H and O–H groups in total. The molecule has 1 aromatic carbocycles. The summed E-state index contributed by atoms with van der Waals surface area (Å²) in [5.41, 5.74) is 1.01. The van der Waals surface area contributed by atoms with E-state index >= 15 is 0 Å². The second kappa shape index (κ2) is 10.9. The minimum Gasteiger partial charge on any atom is -0.351 e. The van der Waals surface area contributed by atoms with Crippen LogP contribution < -0.4 is 10.6 Å². The molecule has 0 aromatic heterocycles. The van der Waals surface area contributed by atoms with Crippen LogP contribution in [0.3, 0.4) is 0 Å². The first kappa shape index (κ1) is 22.8. The van der Waals surface area contributed by atoms with E-state index in [1.807, 2.05) is 38.2 Å². The van der Waals surface area contributed by atoms with Crippen molar-refractivity contribution in [3.63, 3.8) is 0 Å². The number of quaternary nitrogens is 1. The third-order valence-corrected chi connectivity index (χ3v) is 7.78. The first-order valence-corrected chi connectivity index (χ1v) is 12.0. The Morgan fingerprint density at radius 1 is 1.14 bits per heavy atom. The largest absolute Gasteiger partial charge is 0.351 e. The van der Waals surface area contributed by atoms with Gasteiger partial charge < -0.3 is 10.6 Å². The van der Waals surface area contributed by atoms with Gasteiger partial charge in [-0.25, -0.2) is 8.42 Å². The van der Waals surface area contributed by atoms with Gasteiger partial charge in [0.1, 0.15) is 6.04 Å². The highest BCUT2D eigenvalue weighted by atomic mass is 32.2. The van der Waals surface area contributed by atoms with Gasteiger partial charge in [0.15, 0.2) is 6.54 Å². The molecule has 7 heteroatoms. The molecule has 0 aliphatic heterocycles. The Hall–Kier alpha value is -1.44. The van der Waals surface area contributed by atoms with E-state index in [4.69, 9.17) is 0 Å². The Morgan fingerprint density at radius 2 is 1.75 bits per heavy atom. The number of rotatable bonds is 10. The van der Waals surface area contributed by atoms with Crippen LogP contribution in [-0.4, -0.2) is 44.8 Å². The maximum absolute atomic E-state index is 12.6. The van der Waals surface area contributed by atoms with Crippen LogP contribution in [0.2, 0.25) is 0 Å². The number of nitrogens with two attached hydrogens (primary N) is 1. The molecule has 0 heterocycles. The topological polar surface area (TPSA) is 83.1 Å². The number of carbonyl (C=O) groups excluding carboxylic acids is 1. The molecule has 0 bridgehead atoms. The summed E-state index contributed by atoms with van der Waals surface area (Å²) in [6.45, 7) is 7.80. The first-order chi connectivity index (χ1) is 13.4. The molecule has 1 saturated carbocycles. The van der Waals surface area contributed by atoms with Crippen molar-refractivity contribution < 1.29 is 18.5 Å². The molecule has 0 radical (unpaired) electrons. The van der Waals surface area contributed by atoms with Crippen LogP contribution in [0, 0.1) is 5.92 Å². The van der Waals surface area contributed by atoms with Crippen LogP contribution in [0.4, 0.5) is 0 Å². The van der Waals surface area contributed by atoms with E-state index < -0.39 is 10.0 Å². The van der Waals surface area contributed by atoms with E-state index in [0.717, 1.165) is 12.1 Å². The molecule has 1 fully saturated rings. The number of sulfonamides is 1. The molecule has 1 aliphatic carbocycles. The number of hydrogen-bond donors (Lipinski definition) is 2. The molecular weight excluding hydrogens is 374 g/mol. The Bertz CT molecular complexity index is 709. The predicted octanol–water partition coefficient (Wildman–Crippen LogP) is 2.04. The van der Waals surface area contributed by atoms with Gasteiger partial charge in [-0.1, -0.05) is 45.2 Å². The molecule has 1 amide bonds. The number of hydrogen-bond acceptors (Lipinski definition) is 3. The van der Waals surface area contributed by atoms with Gasteiger partial charge in [0, 0.05) is 25.2 Å². The van der Waals surface area contributed by atoms with Crippen LogP contribution in [0.15, 0.2) is 29.2 Å². The minimum absolute atomic E-state index is 0.0677. The van der Waals surface area contributed by atoms with Gasteiger partial charge in [0.25, 0.3) is 5.91 Å². The molecule has 1 aliphatic rings. The molecule has 158 valence electrons. The number of nitrogens with one attached hydrogen (secondary N) is 1. The Balaban J connectivity index is 1.83. The van der Waals surface area contributed by atoms with Gasteiger partial charge in [-0.15, -0.1) is 0 Å². The van der Waals surface area contributed by atoms with Gasteiger partial charge >= 0.3 is 0 Å². The van der Waals surface area contributed by atoms with E-state index in [2.05, 4.69) is 5.32 Å². The van der Waals surface area contributed by atoms with Crippen molar-refractivity contribution in [2.45, 2.75) is 63.8 Å². The Morgan fingerprint density at radius 3 is 2.32 bits per heavy atom. The van der Waals surface area contributed by atoms with Crippen molar-refractivity contribution in [1.82, 2.24) is 9.62 Å². The lowest BCUT2D eigenvalue weighted by Crippen LogP contribution is -2.87. The van der Waals surface area contributed by atoms with Crippen molar-refractivity contribution in [2.75, 3.05) is 26.2 Å². The normalized spacial score (nSPS) is 16.9. The van der Waals surface area contributed by atoms with E-state index in [0.29, 0.717) is 30.4 Å². The summed E-state index contributed by atoms with van der Waals surface area (Å²) in [4.78, 5) is 12.4. The van der Waals surface area contributed by atoms with Crippen LogP contribution in [-0.2, 0) is 14.8 Å². The van der Waals surface area contributed by atoms with Crippen LogP contribution in [0.25, 0.3) is 0 Å². The molecule has 28 heavy (non-hydrogen) atoms. The van der Waals surface area contributed by atoms with E-state index in [1.54, 1.807) is 12.1 Å². The summed E-state index contributed by atoms with van der Waals surface area (Å²) in [6, 6.07) is 7.10. The summed E-state index contributed by atoms with van der Waals surface area (Å²) in [6.07, 6.45) is 6.34. The Labute approximate surface area is 170 Å². The van der Waals surface area contributed by atoms with Gasteiger partial charge in [-0.3, -0.25) is 4.79 Å². The maximum atomic E-state index is 12.6. The smallest absolute Gasteiger partial charge is 0.275 e. The molecule has 6 nitrogen and oxygen atoms in total.